The SMILES string of the molecule is CCOc1cc2ncc(C#N)c(Nc3ccc(OCc4ccccn4)c(Cl)c3)c2cc1NC(=O)/C1=C(/[C@H]2CCCN2C)OC(=O)/C=C\C(=O)O1. The number of cyclic esters (lactones) is 2. The number of nitrogens with zero attached hydrogens (tertiary/aromatic N) is 4. The Kier molecular flexibility index (Phi) is 10.2. The summed E-state index contributed by atoms with van der Waals surface area (Å²) in [4.78, 5) is 49.5. The van der Waals surface area contributed by atoms with Crippen LogP contribution in [0.5, 0.6) is 11.5 Å². The smallest absolute Gasteiger partial charge is 0.336 e. The fraction of sp³-hybridized carbons (Fsp3) is 0.222. The lowest BCUT2D eigenvalue weighted by atomic mass is 10.1. The fourth-order valence-corrected chi connectivity index (χ4v) is 5.83. The molecule has 0 aliphatic carbocycles. The van der Waals surface area contributed by atoms with Crippen molar-refractivity contribution in [3.8, 4) is 17.6 Å². The molecule has 0 unspecified atom stereocenters. The van der Waals surface area contributed by atoms with Crippen molar-refractivity contribution in [2.24, 2.45) is 0 Å². The zero-order valence-electron chi connectivity index (χ0n) is 27.1. The van der Waals surface area contributed by atoms with E-state index >= 15 is 0 Å². The number of likely N-dealkylation sites (N-methyl/N-ethyl adjacent to an activating group) is 1. The summed E-state index contributed by atoms with van der Waals surface area (Å²) in [5, 5.41) is 16.8. The van der Waals surface area contributed by atoms with Crippen LogP contribution in [-0.2, 0) is 30.5 Å². The number of aromatic nitrogens is 2. The van der Waals surface area contributed by atoms with E-state index in [1.165, 1.54) is 6.20 Å². The molecule has 2 aromatic heterocycles. The lowest BCUT2D eigenvalue weighted by Crippen LogP contribution is -2.33. The van der Waals surface area contributed by atoms with Gasteiger partial charge >= 0.3 is 11.9 Å². The second-order valence-electron chi connectivity index (χ2n) is 11.3. The molecule has 4 heterocycles. The Morgan fingerprint density at radius 1 is 1.08 bits per heavy atom. The molecule has 2 aromatic carbocycles. The molecule has 0 bridgehead atoms. The fourth-order valence-electron chi connectivity index (χ4n) is 5.60. The van der Waals surface area contributed by atoms with Crippen molar-refractivity contribution in [1.82, 2.24) is 14.9 Å². The molecule has 13 nitrogen and oxygen atoms in total. The summed E-state index contributed by atoms with van der Waals surface area (Å²) >= 11 is 6.57. The van der Waals surface area contributed by atoms with Gasteiger partial charge in [0.1, 0.15) is 24.2 Å². The minimum absolute atomic E-state index is 0.0657. The first kappa shape index (κ1) is 33.9. The van der Waals surface area contributed by atoms with Crippen molar-refractivity contribution in [2.45, 2.75) is 32.4 Å². The summed E-state index contributed by atoms with van der Waals surface area (Å²) in [7, 11) is 1.82. The number of nitrogens with one attached hydrogen (secondary N) is 2. The number of rotatable bonds is 10. The predicted octanol–water partition coefficient (Wildman–Crippen LogP) is 5.78. The lowest BCUT2D eigenvalue weighted by molar-refractivity contribution is -0.142. The largest absolute Gasteiger partial charge is 0.492 e. The van der Waals surface area contributed by atoms with Crippen molar-refractivity contribution in [3.05, 3.63) is 101 Å². The van der Waals surface area contributed by atoms with E-state index in [4.69, 9.17) is 30.5 Å². The van der Waals surface area contributed by atoms with E-state index in [9.17, 15) is 19.6 Å². The van der Waals surface area contributed by atoms with Crippen LogP contribution in [-0.4, -0.2) is 59.0 Å². The van der Waals surface area contributed by atoms with Gasteiger partial charge < -0.3 is 29.6 Å². The standard InChI is InChI=1S/C36H31ClN6O7/c1-3-47-30-17-26-24(16-27(30)42-36(46)35-34(28-8-6-14-43(28)2)49-31(44)11-12-32(45)50-35)33(21(18-38)19-40-26)41-22-9-10-29(25(37)15-22)48-20-23-7-4-5-13-39-23/h4-5,7,9-13,15-17,19,28H,3,6,8,14,20H2,1-2H3,(H,40,41)(H,42,46)/b12-11-,35-34+/t28-/m1/s1. The van der Waals surface area contributed by atoms with Gasteiger partial charge in [-0.25, -0.2) is 9.59 Å². The normalized spacial score (nSPS) is 18.3. The van der Waals surface area contributed by atoms with Crippen molar-refractivity contribution in [3.63, 3.8) is 0 Å². The molecule has 0 radical (unpaired) electrons. The minimum atomic E-state index is -0.908. The molecule has 2 aliphatic heterocycles. The van der Waals surface area contributed by atoms with Crippen LogP contribution in [0.3, 0.4) is 0 Å². The number of carbonyl (C=O) groups is 3. The van der Waals surface area contributed by atoms with Crippen molar-refractivity contribution in [2.75, 3.05) is 30.8 Å². The highest BCUT2D eigenvalue weighted by molar-refractivity contribution is 6.32. The Labute approximate surface area is 292 Å². The number of likely N-dealkylation sites (tertiary alicyclic amines) is 1. The van der Waals surface area contributed by atoms with Gasteiger partial charge in [0.2, 0.25) is 5.76 Å². The zero-order valence-corrected chi connectivity index (χ0v) is 27.8. The number of amides is 1. The van der Waals surface area contributed by atoms with Crippen molar-refractivity contribution < 1.29 is 33.3 Å². The van der Waals surface area contributed by atoms with Crippen LogP contribution in [0.2, 0.25) is 5.02 Å². The van der Waals surface area contributed by atoms with Crippen molar-refractivity contribution in [1.29, 1.82) is 5.26 Å². The molecule has 1 atom stereocenters. The molecule has 1 fully saturated rings. The molecule has 6 rings (SSSR count). The van der Waals surface area contributed by atoms with Gasteiger partial charge in [-0.2, -0.15) is 5.26 Å². The third-order valence-corrected chi connectivity index (χ3v) is 8.26. The van der Waals surface area contributed by atoms with Gasteiger partial charge in [-0.3, -0.25) is 19.7 Å². The first-order valence-electron chi connectivity index (χ1n) is 15.7. The molecule has 1 amide bonds. The van der Waals surface area contributed by atoms with Gasteiger partial charge in [-0.15, -0.1) is 0 Å². The van der Waals surface area contributed by atoms with E-state index in [1.54, 1.807) is 43.5 Å². The molecular weight excluding hydrogens is 664 g/mol. The summed E-state index contributed by atoms with van der Waals surface area (Å²) in [6.07, 6.45) is 6.32. The van der Waals surface area contributed by atoms with E-state index in [0.29, 0.717) is 46.0 Å². The van der Waals surface area contributed by atoms with E-state index in [2.05, 4.69) is 26.7 Å². The summed E-state index contributed by atoms with van der Waals surface area (Å²) in [6, 6.07) is 15.5. The van der Waals surface area contributed by atoms with Crippen LogP contribution < -0.4 is 20.1 Å². The van der Waals surface area contributed by atoms with Crippen LogP contribution in [0.1, 0.15) is 31.0 Å². The van der Waals surface area contributed by atoms with Gasteiger partial charge in [-0.1, -0.05) is 17.7 Å². The van der Waals surface area contributed by atoms with Gasteiger partial charge in [0.15, 0.2) is 5.76 Å². The maximum Gasteiger partial charge on any atom is 0.336 e. The van der Waals surface area contributed by atoms with Crippen LogP contribution >= 0.6 is 11.6 Å². The third-order valence-electron chi connectivity index (χ3n) is 7.96. The molecule has 254 valence electrons. The molecule has 14 heteroatoms. The number of fused-ring (bicyclic) bond motifs is 1. The minimum Gasteiger partial charge on any atom is -0.492 e. The first-order valence-corrected chi connectivity index (χ1v) is 16.1. The monoisotopic (exact) mass is 694 g/mol. The number of halogens is 1. The number of anilines is 3. The second kappa shape index (κ2) is 15.1. The van der Waals surface area contributed by atoms with Crippen LogP contribution in [0.25, 0.3) is 10.9 Å². The Morgan fingerprint density at radius 3 is 2.60 bits per heavy atom. The molecule has 2 aliphatic rings. The maximum absolute atomic E-state index is 13.9. The first-order chi connectivity index (χ1) is 24.2. The summed E-state index contributed by atoms with van der Waals surface area (Å²) in [5.74, 6) is -2.35. The van der Waals surface area contributed by atoms with Crippen LogP contribution in [0.4, 0.5) is 17.1 Å². The molecule has 2 N–H and O–H groups in total. The Balaban J connectivity index is 1.35. The van der Waals surface area contributed by atoms with Gasteiger partial charge in [-0.05, 0) is 69.8 Å². The molecule has 0 spiro atoms. The molecule has 1 saturated heterocycles. The second-order valence-corrected chi connectivity index (χ2v) is 11.7. The lowest BCUT2D eigenvalue weighted by Gasteiger charge is -2.24. The van der Waals surface area contributed by atoms with Crippen LogP contribution in [0.15, 0.2) is 84.6 Å². The average molecular weight is 695 g/mol. The third kappa shape index (κ3) is 7.52. The Morgan fingerprint density at radius 2 is 1.90 bits per heavy atom. The number of esters is 2. The number of hydrogen-bond acceptors (Lipinski definition) is 12. The number of nitriles is 1. The van der Waals surface area contributed by atoms with E-state index in [1.807, 2.05) is 30.1 Å². The molecule has 0 saturated carbocycles. The highest BCUT2D eigenvalue weighted by atomic mass is 35.5. The topological polar surface area (TPSA) is 165 Å². The highest BCUT2D eigenvalue weighted by Crippen LogP contribution is 2.38. The van der Waals surface area contributed by atoms with E-state index in [-0.39, 0.29) is 36.0 Å². The number of benzene rings is 2. The van der Waals surface area contributed by atoms with Crippen LogP contribution in [0, 0.1) is 11.3 Å². The molecule has 50 heavy (non-hydrogen) atoms. The maximum atomic E-state index is 13.9. The number of ether oxygens (including phenoxy) is 4. The summed E-state index contributed by atoms with van der Waals surface area (Å²) < 4.78 is 22.7. The van der Waals surface area contributed by atoms with E-state index in [0.717, 1.165) is 24.3 Å². The quantitative estimate of drug-likeness (QED) is 0.193. The van der Waals surface area contributed by atoms with Gasteiger partial charge in [0, 0.05) is 41.7 Å². The molecule has 4 aromatic rings. The van der Waals surface area contributed by atoms with E-state index < -0.39 is 29.6 Å². The average Bonchev–Trinajstić information content (AvgIpc) is 3.54. The van der Waals surface area contributed by atoms with Gasteiger partial charge in [0.05, 0.1) is 45.8 Å². The number of carbonyl (C=O) groups excluding carboxylic acids is 3. The zero-order chi connectivity index (χ0) is 35.2. The summed E-state index contributed by atoms with van der Waals surface area (Å²) in [6.45, 7) is 2.95. The van der Waals surface area contributed by atoms with Gasteiger partial charge in [0.25, 0.3) is 5.91 Å². The number of hydrogen-bond donors (Lipinski definition) is 2. The number of pyridine rings is 2. The predicted molar refractivity (Wildman–Crippen MR) is 184 cm³/mol. The Hall–Kier alpha value is -5.97. The summed E-state index contributed by atoms with van der Waals surface area (Å²) in [5.41, 5.74) is 2.54. The molecular formula is C36H31ClN6O7. The Bertz CT molecular complexity index is 2080. The van der Waals surface area contributed by atoms with Crippen molar-refractivity contribution >= 4 is 57.4 Å². The highest BCUT2D eigenvalue weighted by Gasteiger charge is 2.35.